The van der Waals surface area contributed by atoms with Crippen LogP contribution in [0.3, 0.4) is 0 Å². The van der Waals surface area contributed by atoms with Crippen LogP contribution in [0.25, 0.3) is 11.5 Å². The van der Waals surface area contributed by atoms with E-state index in [0.717, 1.165) is 31.6 Å². The normalized spacial score (nSPS) is 16.5. The number of nitrogens with one attached hydrogen (secondary N) is 2. The van der Waals surface area contributed by atoms with Gasteiger partial charge in [0, 0.05) is 24.4 Å². The van der Waals surface area contributed by atoms with Crippen LogP contribution in [-0.2, 0) is 6.54 Å². The van der Waals surface area contributed by atoms with Crippen LogP contribution in [0.4, 0.5) is 10.5 Å². The summed E-state index contributed by atoms with van der Waals surface area (Å²) in [6, 6.07) is 1.44. The van der Waals surface area contributed by atoms with E-state index in [4.69, 9.17) is 30.6 Å². The molecule has 0 unspecified atom stereocenters. The molecule has 0 bridgehead atoms. The number of carbonyl (C=O) groups is 1. The molecule has 180 valence electrons. The minimum Gasteiger partial charge on any atom is -0.485 e. The van der Waals surface area contributed by atoms with Crippen LogP contribution in [0.2, 0.25) is 5.02 Å². The maximum atomic E-state index is 12.5. The maximum absolute atomic E-state index is 12.5. The zero-order chi connectivity index (χ0) is 23.7. The van der Waals surface area contributed by atoms with E-state index in [1.807, 2.05) is 6.20 Å². The molecule has 2 aliphatic heterocycles. The molecule has 34 heavy (non-hydrogen) atoms. The first kappa shape index (κ1) is 22.3. The van der Waals surface area contributed by atoms with Crippen molar-refractivity contribution >= 4 is 23.4 Å². The van der Waals surface area contributed by atoms with E-state index < -0.39 is 11.8 Å². The van der Waals surface area contributed by atoms with Crippen LogP contribution in [0, 0.1) is 0 Å². The summed E-state index contributed by atoms with van der Waals surface area (Å²) in [7, 11) is 0. The third kappa shape index (κ3) is 4.46. The molecule has 0 saturated carbocycles. The number of piperidine rings is 1. The first-order valence-corrected chi connectivity index (χ1v) is 11.3. The number of H-pyrrole nitrogens is 1. The zero-order valence-electron chi connectivity index (χ0n) is 18.1. The van der Waals surface area contributed by atoms with Gasteiger partial charge < -0.3 is 28.9 Å². The third-order valence-electron chi connectivity index (χ3n) is 6.01. The molecular weight excluding hydrogens is 468 g/mol. The van der Waals surface area contributed by atoms with E-state index in [1.54, 1.807) is 6.33 Å². The van der Waals surface area contributed by atoms with Crippen molar-refractivity contribution in [1.82, 2.24) is 24.6 Å². The predicted molar refractivity (Wildman–Crippen MR) is 121 cm³/mol. The van der Waals surface area contributed by atoms with Gasteiger partial charge in [0.25, 0.3) is 5.89 Å². The second-order valence-electron chi connectivity index (χ2n) is 8.09. The number of likely N-dealkylation sites (tertiary alicyclic amines) is 1. The fourth-order valence-electron chi connectivity index (χ4n) is 4.31. The number of amides is 1. The molecule has 5 rings (SSSR count). The Hall–Kier alpha value is -3.51. The molecule has 4 heterocycles. The molecule has 0 spiro atoms. The minimum atomic E-state index is -1.30. The number of halogens is 1. The molecule has 1 fully saturated rings. The molecule has 0 aliphatic carbocycles. The SMILES string of the molecule is O=C(O)Nc1c(Cl)cc(-c2nn(CCN3CCC(c4cnc[nH]4)CC3)c(=O)o2)c2c1OCCO2. The van der Waals surface area contributed by atoms with Crippen molar-refractivity contribution in [2.45, 2.75) is 25.3 Å². The Kier molecular flexibility index (Phi) is 6.16. The van der Waals surface area contributed by atoms with E-state index in [-0.39, 0.29) is 41.3 Å². The number of ether oxygens (including phenoxy) is 2. The van der Waals surface area contributed by atoms with Gasteiger partial charge in [0.2, 0.25) is 0 Å². The standard InChI is InChI=1S/C21H23ClN6O6/c22-14-9-13(17-18(33-8-7-32-17)16(14)25-20(29)30)19-26-28(21(31)34-19)6-5-27-3-1-12(2-4-27)15-10-23-11-24-15/h9-12,25H,1-8H2,(H,23,24)(H,29,30). The van der Waals surface area contributed by atoms with Crippen LogP contribution in [-0.4, -0.2) is 68.7 Å². The van der Waals surface area contributed by atoms with Gasteiger partial charge in [-0.2, -0.15) is 4.68 Å². The van der Waals surface area contributed by atoms with Gasteiger partial charge in [-0.15, -0.1) is 5.10 Å². The van der Waals surface area contributed by atoms with E-state index in [1.165, 1.54) is 10.7 Å². The first-order valence-electron chi connectivity index (χ1n) is 10.9. The quantitative estimate of drug-likeness (QED) is 0.474. The van der Waals surface area contributed by atoms with Crippen LogP contribution >= 0.6 is 11.6 Å². The lowest BCUT2D eigenvalue weighted by molar-refractivity contribution is 0.172. The average Bonchev–Trinajstić information content (AvgIpc) is 3.50. The lowest BCUT2D eigenvalue weighted by atomic mass is 9.94. The highest BCUT2D eigenvalue weighted by Gasteiger charge is 2.28. The van der Waals surface area contributed by atoms with Gasteiger partial charge in [-0.1, -0.05) is 11.6 Å². The number of hydrogen-bond acceptors (Lipinski definition) is 8. The van der Waals surface area contributed by atoms with Crippen molar-refractivity contribution in [2.75, 3.05) is 38.2 Å². The molecule has 1 saturated heterocycles. The fraction of sp³-hybridized carbons (Fsp3) is 0.429. The number of nitrogens with zero attached hydrogens (tertiary/aromatic N) is 4. The molecule has 12 nitrogen and oxygen atoms in total. The summed E-state index contributed by atoms with van der Waals surface area (Å²) in [6.07, 6.45) is 4.31. The topological polar surface area (TPSA) is 148 Å². The van der Waals surface area contributed by atoms with Crippen molar-refractivity contribution in [2.24, 2.45) is 0 Å². The number of imidazole rings is 1. The lowest BCUT2D eigenvalue weighted by Gasteiger charge is -2.31. The molecule has 1 amide bonds. The molecule has 2 aliphatic rings. The van der Waals surface area contributed by atoms with Gasteiger partial charge >= 0.3 is 11.8 Å². The third-order valence-corrected chi connectivity index (χ3v) is 6.31. The van der Waals surface area contributed by atoms with Crippen LogP contribution in [0.5, 0.6) is 11.5 Å². The number of rotatable bonds is 6. The Morgan fingerprint density at radius 2 is 2.00 bits per heavy atom. The Bertz CT molecular complexity index is 1230. The number of aromatic nitrogens is 4. The van der Waals surface area contributed by atoms with Gasteiger partial charge in [0.15, 0.2) is 11.5 Å². The van der Waals surface area contributed by atoms with Crippen LogP contribution in [0.1, 0.15) is 24.5 Å². The maximum Gasteiger partial charge on any atom is 0.437 e. The zero-order valence-corrected chi connectivity index (χ0v) is 18.9. The highest BCUT2D eigenvalue weighted by Crippen LogP contribution is 2.48. The van der Waals surface area contributed by atoms with Crippen molar-refractivity contribution in [3.63, 3.8) is 0 Å². The number of fused-ring (bicyclic) bond motifs is 1. The largest absolute Gasteiger partial charge is 0.485 e. The number of benzene rings is 1. The van der Waals surface area contributed by atoms with E-state index >= 15 is 0 Å². The van der Waals surface area contributed by atoms with Gasteiger partial charge in [-0.05, 0) is 32.0 Å². The predicted octanol–water partition coefficient (Wildman–Crippen LogP) is 2.62. The van der Waals surface area contributed by atoms with Gasteiger partial charge in [0.1, 0.15) is 18.9 Å². The van der Waals surface area contributed by atoms with Crippen molar-refractivity contribution < 1.29 is 23.8 Å². The second-order valence-corrected chi connectivity index (χ2v) is 8.49. The molecule has 13 heteroatoms. The van der Waals surface area contributed by atoms with E-state index in [0.29, 0.717) is 24.6 Å². The molecule has 2 aromatic heterocycles. The number of carboxylic acid groups (broad SMARTS) is 1. The monoisotopic (exact) mass is 490 g/mol. The van der Waals surface area contributed by atoms with Crippen LogP contribution in [0.15, 0.2) is 27.8 Å². The summed E-state index contributed by atoms with van der Waals surface area (Å²) in [5.41, 5.74) is 1.54. The number of hydrogen-bond donors (Lipinski definition) is 3. The highest BCUT2D eigenvalue weighted by atomic mass is 35.5. The Morgan fingerprint density at radius 1 is 1.24 bits per heavy atom. The van der Waals surface area contributed by atoms with Crippen molar-refractivity contribution in [3.8, 4) is 23.0 Å². The molecule has 3 aromatic rings. The second kappa shape index (κ2) is 9.39. The van der Waals surface area contributed by atoms with Crippen LogP contribution < -0.4 is 20.5 Å². The highest BCUT2D eigenvalue weighted by molar-refractivity contribution is 6.34. The van der Waals surface area contributed by atoms with Crippen molar-refractivity contribution in [3.05, 3.63) is 39.9 Å². The smallest absolute Gasteiger partial charge is 0.437 e. The van der Waals surface area contributed by atoms with E-state index in [9.17, 15) is 9.59 Å². The molecule has 3 N–H and O–H groups in total. The average molecular weight is 491 g/mol. The summed E-state index contributed by atoms with van der Waals surface area (Å²) in [4.78, 5) is 33.2. The molecule has 0 atom stereocenters. The summed E-state index contributed by atoms with van der Waals surface area (Å²) >= 11 is 6.29. The molecular formula is C21H23ClN6O6. The van der Waals surface area contributed by atoms with Crippen molar-refractivity contribution in [1.29, 1.82) is 0 Å². The fourth-order valence-corrected chi connectivity index (χ4v) is 4.55. The Morgan fingerprint density at radius 3 is 2.71 bits per heavy atom. The van der Waals surface area contributed by atoms with Gasteiger partial charge in [-0.25, -0.2) is 14.6 Å². The Balaban J connectivity index is 1.31. The number of anilines is 1. The Labute approximate surface area is 198 Å². The molecule has 0 radical (unpaired) electrons. The van der Waals surface area contributed by atoms with E-state index in [2.05, 4.69) is 25.3 Å². The summed E-state index contributed by atoms with van der Waals surface area (Å²) in [6.45, 7) is 3.31. The summed E-state index contributed by atoms with van der Waals surface area (Å²) in [5.74, 6) is 0.240. The lowest BCUT2D eigenvalue weighted by Crippen LogP contribution is -2.36. The first-order chi connectivity index (χ1) is 16.5. The van der Waals surface area contributed by atoms with Gasteiger partial charge in [-0.3, -0.25) is 5.32 Å². The molecule has 1 aromatic carbocycles. The minimum absolute atomic E-state index is 0.0217. The number of aromatic amines is 1. The summed E-state index contributed by atoms with van der Waals surface area (Å²) in [5, 5.41) is 15.7. The summed E-state index contributed by atoms with van der Waals surface area (Å²) < 4.78 is 17.9. The van der Waals surface area contributed by atoms with Gasteiger partial charge in [0.05, 0.1) is 23.5 Å².